The van der Waals surface area contributed by atoms with Crippen molar-refractivity contribution >= 4 is 0 Å². The summed E-state index contributed by atoms with van der Waals surface area (Å²) in [7, 11) is 1.83. The number of hydrogen-bond acceptors (Lipinski definition) is 2. The molecule has 0 amide bonds. The quantitative estimate of drug-likeness (QED) is 0.863. The predicted molar refractivity (Wildman–Crippen MR) is 71.1 cm³/mol. The third kappa shape index (κ3) is 3.83. The van der Waals surface area contributed by atoms with Crippen molar-refractivity contribution in [1.82, 2.24) is 5.32 Å². The maximum absolute atomic E-state index is 5.45. The number of methoxy groups -OCH3 is 1. The highest BCUT2D eigenvalue weighted by molar-refractivity contribution is 5.21. The van der Waals surface area contributed by atoms with Gasteiger partial charge in [0.2, 0.25) is 0 Å². The van der Waals surface area contributed by atoms with Gasteiger partial charge >= 0.3 is 0 Å². The molecule has 2 unspecified atom stereocenters. The van der Waals surface area contributed by atoms with Crippen LogP contribution in [0.1, 0.15) is 36.8 Å². The van der Waals surface area contributed by atoms with Crippen molar-refractivity contribution in [2.75, 3.05) is 7.11 Å². The average molecular weight is 233 g/mol. The van der Waals surface area contributed by atoms with E-state index in [0.29, 0.717) is 12.1 Å². The third-order valence-electron chi connectivity index (χ3n) is 3.67. The van der Waals surface area contributed by atoms with Crippen molar-refractivity contribution in [2.24, 2.45) is 0 Å². The first-order valence-corrected chi connectivity index (χ1v) is 6.59. The van der Waals surface area contributed by atoms with Crippen molar-refractivity contribution in [3.8, 4) is 0 Å². The average Bonchev–Trinajstić information content (AvgIpc) is 2.38. The minimum absolute atomic E-state index is 0.458. The van der Waals surface area contributed by atoms with Crippen LogP contribution < -0.4 is 5.32 Å². The zero-order chi connectivity index (χ0) is 12.1. The molecule has 1 aliphatic carbocycles. The highest BCUT2D eigenvalue weighted by atomic mass is 16.5. The van der Waals surface area contributed by atoms with Crippen LogP contribution in [0.4, 0.5) is 0 Å². The lowest BCUT2D eigenvalue weighted by molar-refractivity contribution is 0.0586. The molecule has 0 spiro atoms. The van der Waals surface area contributed by atoms with Gasteiger partial charge in [0.1, 0.15) is 0 Å². The maximum atomic E-state index is 5.45. The van der Waals surface area contributed by atoms with Gasteiger partial charge in [-0.25, -0.2) is 0 Å². The first-order chi connectivity index (χ1) is 8.28. The molecule has 17 heavy (non-hydrogen) atoms. The van der Waals surface area contributed by atoms with Crippen molar-refractivity contribution in [2.45, 2.75) is 51.3 Å². The van der Waals surface area contributed by atoms with Crippen LogP contribution in [0.5, 0.6) is 0 Å². The summed E-state index contributed by atoms with van der Waals surface area (Å²) in [4.78, 5) is 0. The molecule has 2 rings (SSSR count). The van der Waals surface area contributed by atoms with Crippen molar-refractivity contribution < 1.29 is 4.74 Å². The zero-order valence-electron chi connectivity index (χ0n) is 10.9. The summed E-state index contributed by atoms with van der Waals surface area (Å²) in [5, 5.41) is 3.64. The third-order valence-corrected chi connectivity index (χ3v) is 3.67. The lowest BCUT2D eigenvalue weighted by atomic mass is 9.92. The van der Waals surface area contributed by atoms with Crippen LogP contribution >= 0.6 is 0 Å². The maximum Gasteiger partial charge on any atom is 0.0586 e. The summed E-state index contributed by atoms with van der Waals surface area (Å²) < 4.78 is 5.45. The Morgan fingerprint density at radius 2 is 2.00 bits per heavy atom. The molecule has 2 atom stereocenters. The number of benzene rings is 1. The van der Waals surface area contributed by atoms with Crippen LogP contribution in [0.25, 0.3) is 0 Å². The summed E-state index contributed by atoms with van der Waals surface area (Å²) >= 11 is 0. The standard InChI is InChI=1S/C15H23NO/c1-12-6-8-13(9-7-12)11-16-14-4-3-5-15(10-14)17-2/h6-9,14-16H,3-5,10-11H2,1-2H3. The summed E-state index contributed by atoms with van der Waals surface area (Å²) in [5.74, 6) is 0. The molecule has 0 aromatic heterocycles. The van der Waals surface area contributed by atoms with Crippen LogP contribution in [0.3, 0.4) is 0 Å². The van der Waals surface area contributed by atoms with Gasteiger partial charge in [-0.15, -0.1) is 0 Å². The summed E-state index contributed by atoms with van der Waals surface area (Å²) in [6.45, 7) is 3.10. The SMILES string of the molecule is COC1CCCC(NCc2ccc(C)cc2)C1. The number of hydrogen-bond donors (Lipinski definition) is 1. The smallest absolute Gasteiger partial charge is 0.0586 e. The van der Waals surface area contributed by atoms with E-state index in [4.69, 9.17) is 4.74 Å². The van der Waals surface area contributed by atoms with E-state index >= 15 is 0 Å². The van der Waals surface area contributed by atoms with E-state index < -0.39 is 0 Å². The second kappa shape index (κ2) is 6.18. The Hall–Kier alpha value is -0.860. The predicted octanol–water partition coefficient (Wildman–Crippen LogP) is 3.04. The fourth-order valence-electron chi connectivity index (χ4n) is 2.51. The Balaban J connectivity index is 1.79. The largest absolute Gasteiger partial charge is 0.381 e. The first-order valence-electron chi connectivity index (χ1n) is 6.59. The summed E-state index contributed by atoms with van der Waals surface area (Å²) in [6.07, 6.45) is 5.40. The Morgan fingerprint density at radius 1 is 1.24 bits per heavy atom. The molecule has 94 valence electrons. The lowest BCUT2D eigenvalue weighted by Gasteiger charge is -2.29. The van der Waals surface area contributed by atoms with Crippen LogP contribution in [0.15, 0.2) is 24.3 Å². The topological polar surface area (TPSA) is 21.3 Å². The number of nitrogens with one attached hydrogen (secondary N) is 1. The molecule has 1 fully saturated rings. The summed E-state index contributed by atoms with van der Waals surface area (Å²) in [6, 6.07) is 9.39. The molecular weight excluding hydrogens is 210 g/mol. The molecule has 0 saturated heterocycles. The normalized spacial score (nSPS) is 24.8. The van der Waals surface area contributed by atoms with Gasteiger partial charge in [-0.1, -0.05) is 29.8 Å². The number of ether oxygens (including phenoxy) is 1. The molecule has 1 saturated carbocycles. The van der Waals surface area contributed by atoms with Crippen LogP contribution in [0, 0.1) is 6.92 Å². The van der Waals surface area contributed by atoms with Crippen molar-refractivity contribution in [3.05, 3.63) is 35.4 Å². The molecular formula is C15H23NO. The van der Waals surface area contributed by atoms with Crippen LogP contribution in [-0.2, 0) is 11.3 Å². The molecule has 1 N–H and O–H groups in total. The first kappa shape index (κ1) is 12.6. The van der Waals surface area contributed by atoms with Gasteiger partial charge in [0, 0.05) is 19.7 Å². The summed E-state index contributed by atoms with van der Waals surface area (Å²) in [5.41, 5.74) is 2.70. The van der Waals surface area contributed by atoms with Gasteiger partial charge in [-0.2, -0.15) is 0 Å². The minimum atomic E-state index is 0.458. The van der Waals surface area contributed by atoms with E-state index in [1.807, 2.05) is 7.11 Å². The minimum Gasteiger partial charge on any atom is -0.381 e. The monoisotopic (exact) mass is 233 g/mol. The van der Waals surface area contributed by atoms with Gasteiger partial charge in [0.25, 0.3) is 0 Å². The van der Waals surface area contributed by atoms with E-state index in [1.165, 1.54) is 30.4 Å². The highest BCUT2D eigenvalue weighted by Crippen LogP contribution is 2.20. The lowest BCUT2D eigenvalue weighted by Crippen LogP contribution is -2.36. The molecule has 0 aliphatic heterocycles. The molecule has 0 heterocycles. The van der Waals surface area contributed by atoms with Gasteiger partial charge in [-0.05, 0) is 38.2 Å². The van der Waals surface area contributed by atoms with Gasteiger partial charge in [0.15, 0.2) is 0 Å². The molecule has 2 nitrogen and oxygen atoms in total. The molecule has 1 aliphatic rings. The fraction of sp³-hybridized carbons (Fsp3) is 0.600. The van der Waals surface area contributed by atoms with Gasteiger partial charge in [-0.3, -0.25) is 0 Å². The zero-order valence-corrected chi connectivity index (χ0v) is 10.9. The molecule has 0 radical (unpaired) electrons. The Labute approximate surface area is 104 Å². The molecule has 1 aromatic carbocycles. The Kier molecular flexibility index (Phi) is 4.57. The van der Waals surface area contributed by atoms with Crippen LogP contribution in [-0.4, -0.2) is 19.3 Å². The molecule has 1 aromatic rings. The van der Waals surface area contributed by atoms with E-state index in [2.05, 4.69) is 36.5 Å². The van der Waals surface area contributed by atoms with E-state index in [0.717, 1.165) is 13.0 Å². The highest BCUT2D eigenvalue weighted by Gasteiger charge is 2.20. The van der Waals surface area contributed by atoms with Gasteiger partial charge in [0.05, 0.1) is 6.10 Å². The van der Waals surface area contributed by atoms with E-state index in [1.54, 1.807) is 0 Å². The van der Waals surface area contributed by atoms with Crippen molar-refractivity contribution in [3.63, 3.8) is 0 Å². The van der Waals surface area contributed by atoms with Crippen molar-refractivity contribution in [1.29, 1.82) is 0 Å². The Bertz CT molecular complexity index is 333. The van der Waals surface area contributed by atoms with E-state index in [-0.39, 0.29) is 0 Å². The second-order valence-electron chi connectivity index (χ2n) is 5.09. The van der Waals surface area contributed by atoms with Gasteiger partial charge < -0.3 is 10.1 Å². The Morgan fingerprint density at radius 3 is 2.71 bits per heavy atom. The number of rotatable bonds is 4. The second-order valence-corrected chi connectivity index (χ2v) is 5.09. The van der Waals surface area contributed by atoms with E-state index in [9.17, 15) is 0 Å². The fourth-order valence-corrected chi connectivity index (χ4v) is 2.51. The molecule has 0 bridgehead atoms. The number of aryl methyl sites for hydroxylation is 1. The molecule has 2 heteroatoms. The van der Waals surface area contributed by atoms with Crippen LogP contribution in [0.2, 0.25) is 0 Å².